The first-order chi connectivity index (χ1) is 16.6. The van der Waals surface area contributed by atoms with Crippen LogP contribution in [0.5, 0.6) is 5.75 Å². The number of carbonyl (C=O) groups excluding carboxylic acids is 1. The van der Waals surface area contributed by atoms with E-state index < -0.39 is 42.2 Å². The molecular formula is C22H31N4O7PS. The number of esters is 1. The summed E-state index contributed by atoms with van der Waals surface area (Å²) < 4.78 is 31.5. The van der Waals surface area contributed by atoms with Gasteiger partial charge >= 0.3 is 19.4 Å². The van der Waals surface area contributed by atoms with Crippen molar-refractivity contribution in [2.45, 2.75) is 50.0 Å². The number of para-hydroxylation sites is 1. The summed E-state index contributed by atoms with van der Waals surface area (Å²) in [5.41, 5.74) is 5.03. The van der Waals surface area contributed by atoms with Gasteiger partial charge in [-0.15, -0.1) is 11.8 Å². The normalized spacial score (nSPS) is 22.5. The molecule has 13 heteroatoms. The Balaban J connectivity index is 1.69. The summed E-state index contributed by atoms with van der Waals surface area (Å²) in [6, 6.07) is 8.93. The number of hydrogen-bond acceptors (Lipinski definition) is 10. The number of thioether (sulfide) groups is 1. The Labute approximate surface area is 208 Å². The van der Waals surface area contributed by atoms with E-state index in [1.807, 2.05) is 13.8 Å². The predicted molar refractivity (Wildman–Crippen MR) is 133 cm³/mol. The summed E-state index contributed by atoms with van der Waals surface area (Å²) in [6.07, 6.45) is 0.945. The van der Waals surface area contributed by atoms with Crippen molar-refractivity contribution >= 4 is 31.3 Å². The number of hydrogen-bond donors (Lipinski definition) is 3. The molecule has 1 aromatic heterocycles. The molecule has 1 aliphatic rings. The van der Waals surface area contributed by atoms with Gasteiger partial charge in [0.25, 0.3) is 0 Å². The Kier molecular flexibility index (Phi) is 9.37. The van der Waals surface area contributed by atoms with E-state index in [0.717, 1.165) is 0 Å². The van der Waals surface area contributed by atoms with E-state index in [1.54, 1.807) is 30.3 Å². The highest BCUT2D eigenvalue weighted by atomic mass is 32.2. The lowest BCUT2D eigenvalue weighted by molar-refractivity contribution is -0.146. The maximum atomic E-state index is 13.6. The van der Waals surface area contributed by atoms with E-state index in [-0.39, 0.29) is 37.1 Å². The molecule has 4 N–H and O–H groups in total. The number of anilines is 1. The molecule has 1 aromatic carbocycles. The summed E-state index contributed by atoms with van der Waals surface area (Å²) >= 11 is 1.29. The third-order valence-corrected chi connectivity index (χ3v) is 8.19. The molecule has 0 aliphatic carbocycles. The Morgan fingerprint density at radius 1 is 1.31 bits per heavy atom. The van der Waals surface area contributed by atoms with Crippen LogP contribution in [0.25, 0.3) is 0 Å². The average Bonchev–Trinajstić information content (AvgIpc) is 3.16. The molecule has 2 heterocycles. The molecule has 3 rings (SSSR count). The van der Waals surface area contributed by atoms with Crippen LogP contribution in [0.3, 0.4) is 0 Å². The lowest BCUT2D eigenvalue weighted by atomic mass is 10.2. The van der Waals surface area contributed by atoms with Crippen molar-refractivity contribution in [1.82, 2.24) is 14.6 Å². The second-order valence-electron chi connectivity index (χ2n) is 8.55. The van der Waals surface area contributed by atoms with Gasteiger partial charge in [-0.3, -0.25) is 13.9 Å². The quantitative estimate of drug-likeness (QED) is 0.292. The number of aliphatic hydroxyl groups excluding tert-OH is 1. The first kappa shape index (κ1) is 27.2. The van der Waals surface area contributed by atoms with Crippen LogP contribution in [-0.4, -0.2) is 51.2 Å². The summed E-state index contributed by atoms with van der Waals surface area (Å²) in [6.45, 7) is 5.38. The third-order valence-electron chi connectivity index (χ3n) is 5.01. The van der Waals surface area contributed by atoms with E-state index in [0.29, 0.717) is 0 Å². The van der Waals surface area contributed by atoms with Crippen molar-refractivity contribution in [1.29, 1.82) is 0 Å². The van der Waals surface area contributed by atoms with E-state index in [4.69, 9.17) is 19.5 Å². The van der Waals surface area contributed by atoms with Gasteiger partial charge in [0.05, 0.1) is 29.9 Å². The van der Waals surface area contributed by atoms with Crippen molar-refractivity contribution in [2.75, 3.05) is 18.9 Å². The first-order valence-electron chi connectivity index (χ1n) is 11.2. The van der Waals surface area contributed by atoms with Crippen molar-refractivity contribution in [2.24, 2.45) is 5.92 Å². The lowest BCUT2D eigenvalue weighted by Gasteiger charge is -2.24. The molecule has 2 aromatic rings. The largest absolute Gasteiger partial charge is 0.464 e. The molecule has 0 unspecified atom stereocenters. The molecule has 0 bridgehead atoms. The molecule has 1 saturated heterocycles. The predicted octanol–water partition coefficient (Wildman–Crippen LogP) is 2.57. The van der Waals surface area contributed by atoms with Gasteiger partial charge in [0.1, 0.15) is 17.6 Å². The number of nitrogens with zero attached hydrogens (tertiary/aromatic N) is 2. The molecule has 0 radical (unpaired) electrons. The molecule has 0 amide bonds. The minimum absolute atomic E-state index is 0.112. The standard InChI is InChI=1S/C22H31N4O7PS/c1-14(2)12-31-21(28)15(3)25-34(30,33-16-7-5-4-6-8-16)32-13-18-17(27)11-20(35-18)26-10-9-19(23)24-22(26)29/h4-10,14-15,17-18,20,27H,11-13H2,1-3H3,(H,25,30)(H2,23,24,29)/t15-,17+,18+,20+,34-/m0/s1. The fraction of sp³-hybridized carbons (Fsp3) is 0.500. The lowest BCUT2D eigenvalue weighted by Crippen LogP contribution is -2.36. The number of carbonyl (C=O) groups is 1. The van der Waals surface area contributed by atoms with Gasteiger partial charge in [-0.2, -0.15) is 10.1 Å². The van der Waals surface area contributed by atoms with Crippen LogP contribution in [-0.2, 0) is 18.6 Å². The third kappa shape index (κ3) is 7.81. The molecule has 35 heavy (non-hydrogen) atoms. The number of aromatic nitrogens is 2. The SMILES string of the molecule is CC(C)COC(=O)[C@H](C)N[P@](=O)(OC[C@H]1S[C@@H](n2ccc(N)nc2=O)C[C@H]1O)Oc1ccccc1. The average molecular weight is 527 g/mol. The monoisotopic (exact) mass is 526 g/mol. The highest BCUT2D eigenvalue weighted by Gasteiger charge is 2.39. The number of nitrogen functional groups attached to an aromatic ring is 1. The second kappa shape index (κ2) is 12.0. The minimum atomic E-state index is -4.06. The van der Waals surface area contributed by atoms with Crippen molar-refractivity contribution in [3.63, 3.8) is 0 Å². The van der Waals surface area contributed by atoms with Gasteiger partial charge in [-0.1, -0.05) is 32.0 Å². The fourth-order valence-corrected chi connectivity index (χ4v) is 6.29. The molecule has 1 aliphatic heterocycles. The van der Waals surface area contributed by atoms with Crippen LogP contribution < -0.4 is 21.0 Å². The Bertz CT molecular complexity index is 1100. The highest BCUT2D eigenvalue weighted by Crippen LogP contribution is 2.48. The Hall–Kier alpha value is -2.37. The van der Waals surface area contributed by atoms with Crippen LogP contribution in [0.2, 0.25) is 0 Å². The number of benzene rings is 1. The van der Waals surface area contributed by atoms with E-state index >= 15 is 0 Å². The summed E-state index contributed by atoms with van der Waals surface area (Å²) in [5.74, 6) is -0.0546. The number of rotatable bonds is 11. The molecule has 0 saturated carbocycles. The number of aliphatic hydroxyl groups is 1. The maximum absolute atomic E-state index is 13.6. The van der Waals surface area contributed by atoms with Gasteiger partial charge in [0.15, 0.2) is 0 Å². The molecule has 192 valence electrons. The smallest absolute Gasteiger partial charge is 0.459 e. The van der Waals surface area contributed by atoms with E-state index in [1.165, 1.54) is 35.5 Å². The van der Waals surface area contributed by atoms with Crippen LogP contribution >= 0.6 is 19.5 Å². The van der Waals surface area contributed by atoms with Crippen molar-refractivity contribution in [3.05, 3.63) is 53.1 Å². The molecule has 1 fully saturated rings. The van der Waals surface area contributed by atoms with E-state index in [9.17, 15) is 19.3 Å². The van der Waals surface area contributed by atoms with Crippen LogP contribution in [0.4, 0.5) is 5.82 Å². The zero-order valence-corrected chi connectivity index (χ0v) is 21.5. The fourth-order valence-electron chi connectivity index (χ4n) is 3.23. The number of nitrogens with two attached hydrogens (primary N) is 1. The first-order valence-corrected chi connectivity index (χ1v) is 13.7. The molecule has 11 nitrogen and oxygen atoms in total. The number of ether oxygens (including phenoxy) is 1. The van der Waals surface area contributed by atoms with E-state index in [2.05, 4.69) is 10.1 Å². The molecular weight excluding hydrogens is 495 g/mol. The van der Waals surface area contributed by atoms with Gasteiger partial charge < -0.3 is 20.1 Å². The van der Waals surface area contributed by atoms with Crippen molar-refractivity contribution in [3.8, 4) is 5.75 Å². The summed E-state index contributed by atoms with van der Waals surface area (Å²) in [5, 5.41) is 12.3. The zero-order valence-electron chi connectivity index (χ0n) is 19.8. The van der Waals surface area contributed by atoms with Gasteiger partial charge in [-0.05, 0) is 31.0 Å². The topological polar surface area (TPSA) is 155 Å². The van der Waals surface area contributed by atoms with Crippen LogP contribution in [0, 0.1) is 5.92 Å². The zero-order chi connectivity index (χ0) is 25.6. The van der Waals surface area contributed by atoms with Gasteiger partial charge in [0, 0.05) is 12.6 Å². The van der Waals surface area contributed by atoms with Gasteiger partial charge in [-0.25, -0.2) is 9.36 Å². The maximum Gasteiger partial charge on any atom is 0.459 e. The van der Waals surface area contributed by atoms with Crippen LogP contribution in [0.15, 0.2) is 47.4 Å². The summed E-state index contributed by atoms with van der Waals surface area (Å²) in [7, 11) is -4.06. The Morgan fingerprint density at radius 3 is 2.69 bits per heavy atom. The molecule has 0 spiro atoms. The summed E-state index contributed by atoms with van der Waals surface area (Å²) in [4.78, 5) is 28.2. The Morgan fingerprint density at radius 2 is 2.03 bits per heavy atom. The highest BCUT2D eigenvalue weighted by molar-refractivity contribution is 8.00. The second-order valence-corrected chi connectivity index (χ2v) is 11.7. The minimum Gasteiger partial charge on any atom is -0.464 e. The number of nitrogens with one attached hydrogen (secondary N) is 1. The van der Waals surface area contributed by atoms with Crippen molar-refractivity contribution < 1.29 is 28.3 Å². The van der Waals surface area contributed by atoms with Gasteiger partial charge in [0.2, 0.25) is 0 Å². The van der Waals surface area contributed by atoms with Crippen LogP contribution in [0.1, 0.15) is 32.6 Å². The molecule has 5 atom stereocenters.